The first-order valence-electron chi connectivity index (χ1n) is 6.01. The Labute approximate surface area is 106 Å². The zero-order valence-electron chi connectivity index (χ0n) is 11.2. The van der Waals surface area contributed by atoms with Crippen LogP contribution in [-0.2, 0) is 14.3 Å². The number of rotatable bonds is 3. The van der Waals surface area contributed by atoms with Crippen molar-refractivity contribution >= 4 is 12.1 Å². The van der Waals surface area contributed by atoms with E-state index in [0.29, 0.717) is 0 Å². The summed E-state index contributed by atoms with van der Waals surface area (Å²) in [6.07, 6.45) is -1.96. The molecule has 0 atom stereocenters. The van der Waals surface area contributed by atoms with Crippen LogP contribution in [0.3, 0.4) is 0 Å². The third-order valence-corrected chi connectivity index (χ3v) is 2.55. The molecule has 1 saturated carbocycles. The molecule has 6 heteroatoms. The quantitative estimate of drug-likeness (QED) is 0.788. The minimum absolute atomic E-state index is 0.0644. The Morgan fingerprint density at radius 2 is 1.94 bits per heavy atom. The van der Waals surface area contributed by atoms with Crippen LogP contribution in [0.2, 0.25) is 0 Å². The second kappa shape index (κ2) is 5.12. The number of alkyl halides is 1. The van der Waals surface area contributed by atoms with Gasteiger partial charge in [0.05, 0.1) is 6.61 Å². The van der Waals surface area contributed by atoms with Crippen molar-refractivity contribution in [2.24, 2.45) is 0 Å². The maximum Gasteiger partial charge on any atom is 0.408 e. The Morgan fingerprint density at radius 3 is 2.33 bits per heavy atom. The van der Waals surface area contributed by atoms with Crippen molar-refractivity contribution in [3.8, 4) is 0 Å². The van der Waals surface area contributed by atoms with Crippen LogP contribution in [0.5, 0.6) is 0 Å². The van der Waals surface area contributed by atoms with Crippen molar-refractivity contribution in [1.82, 2.24) is 5.32 Å². The molecule has 0 bridgehead atoms. The maximum atomic E-state index is 13.0. The van der Waals surface area contributed by atoms with Crippen molar-refractivity contribution in [3.05, 3.63) is 0 Å². The highest BCUT2D eigenvalue weighted by molar-refractivity contribution is 5.87. The molecule has 1 fully saturated rings. The van der Waals surface area contributed by atoms with E-state index in [0.717, 1.165) is 0 Å². The van der Waals surface area contributed by atoms with E-state index in [1.165, 1.54) is 0 Å². The predicted octanol–water partition coefficient (Wildman–Crippen LogP) is 1.94. The molecular formula is C12H20FNO4. The summed E-state index contributed by atoms with van der Waals surface area (Å²) in [6.45, 7) is 6.98. The molecule has 0 aliphatic heterocycles. The summed E-state index contributed by atoms with van der Waals surface area (Å²) in [4.78, 5) is 23.4. The average molecular weight is 260 g/mol. The molecule has 1 amide bonds. The lowest BCUT2D eigenvalue weighted by molar-refractivity contribution is -0.158. The number of hydrogen-bond donors (Lipinski definition) is 1. The van der Waals surface area contributed by atoms with Crippen LogP contribution in [0.15, 0.2) is 0 Å². The molecule has 5 nitrogen and oxygen atoms in total. The van der Waals surface area contributed by atoms with E-state index in [9.17, 15) is 14.0 Å². The fourth-order valence-electron chi connectivity index (χ4n) is 1.78. The first-order chi connectivity index (χ1) is 8.18. The summed E-state index contributed by atoms with van der Waals surface area (Å²) in [6, 6.07) is 0. The van der Waals surface area contributed by atoms with Crippen LogP contribution in [0.1, 0.15) is 40.5 Å². The molecule has 104 valence electrons. The number of carbonyl (C=O) groups is 2. The molecule has 1 rings (SSSR count). The molecule has 0 spiro atoms. The fourth-order valence-corrected chi connectivity index (χ4v) is 1.78. The van der Waals surface area contributed by atoms with E-state index in [4.69, 9.17) is 9.47 Å². The Kier molecular flexibility index (Phi) is 4.19. The summed E-state index contributed by atoms with van der Waals surface area (Å²) in [5.41, 5.74) is -1.93. The van der Waals surface area contributed by atoms with Crippen LogP contribution in [0.25, 0.3) is 0 Å². The van der Waals surface area contributed by atoms with Gasteiger partial charge in [0.15, 0.2) is 0 Å². The highest BCUT2D eigenvalue weighted by Gasteiger charge is 2.53. The molecule has 1 aliphatic carbocycles. The predicted molar refractivity (Wildman–Crippen MR) is 62.9 cm³/mol. The molecule has 0 unspecified atom stereocenters. The topological polar surface area (TPSA) is 64.6 Å². The van der Waals surface area contributed by atoms with Gasteiger partial charge < -0.3 is 14.8 Å². The lowest BCUT2D eigenvalue weighted by Crippen LogP contribution is -2.64. The van der Waals surface area contributed by atoms with Crippen molar-refractivity contribution in [1.29, 1.82) is 0 Å². The number of hydrogen-bond acceptors (Lipinski definition) is 4. The largest absolute Gasteiger partial charge is 0.464 e. The van der Waals surface area contributed by atoms with Gasteiger partial charge in [0.1, 0.15) is 17.3 Å². The van der Waals surface area contributed by atoms with Gasteiger partial charge in [-0.15, -0.1) is 0 Å². The summed E-state index contributed by atoms with van der Waals surface area (Å²) < 4.78 is 22.9. The third-order valence-electron chi connectivity index (χ3n) is 2.55. The number of carbonyl (C=O) groups excluding carboxylic acids is 2. The minimum atomic E-state index is -1.27. The summed E-state index contributed by atoms with van der Waals surface area (Å²) in [5.74, 6) is -0.607. The van der Waals surface area contributed by atoms with Gasteiger partial charge in [0.2, 0.25) is 0 Å². The number of alkyl carbamates (subject to hydrolysis) is 1. The van der Waals surface area contributed by atoms with E-state index in [1.807, 2.05) is 0 Å². The lowest BCUT2D eigenvalue weighted by atomic mass is 9.75. The van der Waals surface area contributed by atoms with Gasteiger partial charge in [-0.2, -0.15) is 0 Å². The van der Waals surface area contributed by atoms with Gasteiger partial charge >= 0.3 is 12.1 Å². The third kappa shape index (κ3) is 3.58. The van der Waals surface area contributed by atoms with Crippen molar-refractivity contribution in [3.63, 3.8) is 0 Å². The Balaban J connectivity index is 2.64. The smallest absolute Gasteiger partial charge is 0.408 e. The number of nitrogens with one attached hydrogen (secondary N) is 1. The van der Waals surface area contributed by atoms with Crippen molar-refractivity contribution in [2.75, 3.05) is 6.61 Å². The van der Waals surface area contributed by atoms with Gasteiger partial charge in [0, 0.05) is 12.8 Å². The number of halogens is 1. The van der Waals surface area contributed by atoms with Crippen LogP contribution in [-0.4, -0.2) is 36.0 Å². The second-order valence-electron chi connectivity index (χ2n) is 5.43. The molecule has 1 aliphatic rings. The van der Waals surface area contributed by atoms with Crippen LogP contribution < -0.4 is 5.32 Å². The lowest BCUT2D eigenvalue weighted by Gasteiger charge is -2.42. The number of esters is 1. The maximum absolute atomic E-state index is 13.0. The van der Waals surface area contributed by atoms with Crippen LogP contribution >= 0.6 is 0 Å². The molecule has 0 saturated heterocycles. The number of ether oxygens (including phenoxy) is 2. The molecule has 0 radical (unpaired) electrons. The number of amides is 1. The van der Waals surface area contributed by atoms with E-state index in [1.54, 1.807) is 27.7 Å². The molecular weight excluding hydrogens is 240 g/mol. The Hall–Kier alpha value is -1.33. The highest BCUT2D eigenvalue weighted by atomic mass is 18.2. The second-order valence-corrected chi connectivity index (χ2v) is 5.43. The summed E-state index contributed by atoms with van der Waals surface area (Å²) >= 11 is 0. The van der Waals surface area contributed by atoms with E-state index >= 15 is 0 Å². The standard InChI is InChI=1S/C12H20FNO4/c1-5-17-9(15)12(6-8(13)7-12)14-10(16)18-11(2,3)4/h8H,5-7H2,1-4H3,(H,14,16)/i13-1. The molecule has 1 N–H and O–H groups in total. The monoisotopic (exact) mass is 260 g/mol. The highest BCUT2D eigenvalue weighted by Crippen LogP contribution is 2.36. The zero-order chi connectivity index (χ0) is 14.0. The van der Waals surface area contributed by atoms with Gasteiger partial charge in [-0.05, 0) is 27.7 Å². The normalized spacial score (nSPS) is 27.1. The molecule has 0 heterocycles. The molecule has 0 aromatic carbocycles. The first kappa shape index (κ1) is 14.7. The van der Waals surface area contributed by atoms with Crippen molar-refractivity contribution < 1.29 is 23.5 Å². The zero-order valence-corrected chi connectivity index (χ0v) is 11.2. The van der Waals surface area contributed by atoms with E-state index in [-0.39, 0.29) is 19.4 Å². The summed E-state index contributed by atoms with van der Waals surface area (Å²) in [7, 11) is 0. The SMILES string of the molecule is CCOC(=O)C1(NC(=O)OC(C)(C)C)CC([18F])C1. The first-order valence-corrected chi connectivity index (χ1v) is 6.01. The van der Waals surface area contributed by atoms with Gasteiger partial charge in [-0.25, -0.2) is 14.0 Å². The van der Waals surface area contributed by atoms with Crippen molar-refractivity contribution in [2.45, 2.75) is 57.8 Å². The molecule has 18 heavy (non-hydrogen) atoms. The summed E-state index contributed by atoms with van der Waals surface area (Å²) in [5, 5.41) is 2.43. The molecule has 0 aromatic heterocycles. The fraction of sp³-hybridized carbons (Fsp3) is 0.833. The van der Waals surface area contributed by atoms with Crippen LogP contribution in [0, 0.1) is 0 Å². The van der Waals surface area contributed by atoms with Gasteiger partial charge in [0.25, 0.3) is 0 Å². The van der Waals surface area contributed by atoms with Gasteiger partial charge in [-0.1, -0.05) is 0 Å². The van der Waals surface area contributed by atoms with E-state index < -0.39 is 29.4 Å². The Morgan fingerprint density at radius 1 is 1.39 bits per heavy atom. The minimum Gasteiger partial charge on any atom is -0.464 e. The van der Waals surface area contributed by atoms with Gasteiger partial charge in [-0.3, -0.25) is 0 Å². The Bertz CT molecular complexity index is 331. The average Bonchev–Trinajstić information content (AvgIpc) is 2.11. The van der Waals surface area contributed by atoms with E-state index in [2.05, 4.69) is 5.32 Å². The van der Waals surface area contributed by atoms with Crippen LogP contribution in [0.4, 0.5) is 9.18 Å². The molecule has 0 aromatic rings.